The van der Waals surface area contributed by atoms with Crippen LogP contribution < -0.4 is 5.32 Å². The molecule has 1 N–H and O–H groups in total. The lowest BCUT2D eigenvalue weighted by Gasteiger charge is -2.06. The second-order valence-electron chi connectivity index (χ2n) is 4.69. The van der Waals surface area contributed by atoms with Gasteiger partial charge in [-0.25, -0.2) is 0 Å². The molecule has 0 spiro atoms. The average molecular weight is 351 g/mol. The van der Waals surface area contributed by atoms with Crippen molar-refractivity contribution in [1.29, 1.82) is 0 Å². The van der Waals surface area contributed by atoms with Crippen molar-refractivity contribution in [2.75, 3.05) is 12.3 Å². The summed E-state index contributed by atoms with van der Waals surface area (Å²) in [7, 11) is 0. The van der Waals surface area contributed by atoms with Crippen LogP contribution in [-0.2, 0) is 0 Å². The van der Waals surface area contributed by atoms with E-state index in [0.29, 0.717) is 6.54 Å². The fourth-order valence-corrected chi connectivity index (χ4v) is 2.96. The van der Waals surface area contributed by atoms with Crippen molar-refractivity contribution in [3.8, 4) is 0 Å². The summed E-state index contributed by atoms with van der Waals surface area (Å²) >= 11 is 7.43. The van der Waals surface area contributed by atoms with Gasteiger partial charge >= 0.3 is 0 Å². The Morgan fingerprint density at radius 1 is 1.22 bits per heavy atom. The molecule has 1 amide bonds. The first-order valence-electron chi connectivity index (χ1n) is 6.98. The van der Waals surface area contributed by atoms with E-state index in [1.54, 1.807) is 11.8 Å². The minimum atomic E-state index is -0.605. The van der Waals surface area contributed by atoms with Crippen LogP contribution >= 0.6 is 23.4 Å². The minimum absolute atomic E-state index is 0.0233. The van der Waals surface area contributed by atoms with E-state index in [9.17, 15) is 14.9 Å². The summed E-state index contributed by atoms with van der Waals surface area (Å²) in [5.74, 6) is 0.394. The summed E-state index contributed by atoms with van der Waals surface area (Å²) in [4.78, 5) is 23.6. The Balaban J connectivity index is 1.82. The van der Waals surface area contributed by atoms with E-state index in [-0.39, 0.29) is 16.3 Å². The van der Waals surface area contributed by atoms with E-state index < -0.39 is 10.8 Å². The maximum atomic E-state index is 12.0. The van der Waals surface area contributed by atoms with E-state index in [0.717, 1.165) is 12.2 Å². The first-order chi connectivity index (χ1) is 11.1. The van der Waals surface area contributed by atoms with Crippen LogP contribution in [0.15, 0.2) is 53.4 Å². The second-order valence-corrected chi connectivity index (χ2v) is 6.29. The lowest BCUT2D eigenvalue weighted by Crippen LogP contribution is -2.25. The van der Waals surface area contributed by atoms with E-state index in [4.69, 9.17) is 11.6 Å². The third-order valence-electron chi connectivity index (χ3n) is 3.02. The predicted molar refractivity (Wildman–Crippen MR) is 92.2 cm³/mol. The molecular weight excluding hydrogens is 336 g/mol. The molecule has 0 aliphatic carbocycles. The molecule has 0 aliphatic heterocycles. The van der Waals surface area contributed by atoms with Crippen molar-refractivity contribution in [3.63, 3.8) is 0 Å². The first kappa shape index (κ1) is 17.3. The smallest absolute Gasteiger partial charge is 0.283 e. The topological polar surface area (TPSA) is 72.2 Å². The number of nitrogens with one attached hydrogen (secondary N) is 1. The number of nitrogens with zero attached hydrogens (tertiary/aromatic N) is 1. The maximum absolute atomic E-state index is 12.0. The highest BCUT2D eigenvalue weighted by atomic mass is 35.5. The van der Waals surface area contributed by atoms with Crippen LogP contribution in [0.3, 0.4) is 0 Å². The van der Waals surface area contributed by atoms with Crippen molar-refractivity contribution >= 4 is 35.0 Å². The third kappa shape index (κ3) is 5.26. The lowest BCUT2D eigenvalue weighted by molar-refractivity contribution is -0.385. The molecule has 0 saturated heterocycles. The van der Waals surface area contributed by atoms with Crippen LogP contribution in [0.25, 0.3) is 0 Å². The third-order valence-corrected chi connectivity index (χ3v) is 4.35. The molecule has 23 heavy (non-hydrogen) atoms. The number of hydrogen-bond donors (Lipinski definition) is 1. The van der Waals surface area contributed by atoms with Gasteiger partial charge in [-0.1, -0.05) is 29.8 Å². The number of thioether (sulfide) groups is 1. The SMILES string of the molecule is O=C(NCCCSc1ccccc1)c1ccc(Cl)cc1[N+](=O)[O-]. The van der Waals surface area contributed by atoms with Crippen LogP contribution in [0, 0.1) is 10.1 Å². The number of rotatable bonds is 7. The van der Waals surface area contributed by atoms with Gasteiger partial charge in [-0.3, -0.25) is 14.9 Å². The van der Waals surface area contributed by atoms with Gasteiger partial charge in [0.05, 0.1) is 4.92 Å². The summed E-state index contributed by atoms with van der Waals surface area (Å²) in [5, 5.41) is 13.9. The molecule has 0 bridgehead atoms. The average Bonchev–Trinajstić information content (AvgIpc) is 2.55. The van der Waals surface area contributed by atoms with Crippen LogP contribution in [-0.4, -0.2) is 23.1 Å². The molecule has 2 rings (SSSR count). The van der Waals surface area contributed by atoms with Gasteiger partial charge in [0.25, 0.3) is 11.6 Å². The Labute approximate surface area is 143 Å². The van der Waals surface area contributed by atoms with Gasteiger partial charge in [0.15, 0.2) is 0 Å². The Hall–Kier alpha value is -2.05. The van der Waals surface area contributed by atoms with Gasteiger partial charge in [-0.15, -0.1) is 11.8 Å². The molecule has 0 atom stereocenters. The largest absolute Gasteiger partial charge is 0.352 e. The fraction of sp³-hybridized carbons (Fsp3) is 0.188. The Bertz CT molecular complexity index is 695. The highest BCUT2D eigenvalue weighted by Gasteiger charge is 2.20. The van der Waals surface area contributed by atoms with Gasteiger partial charge in [0.2, 0.25) is 0 Å². The number of nitro groups is 1. The number of benzene rings is 2. The van der Waals surface area contributed by atoms with Gasteiger partial charge in [0.1, 0.15) is 5.56 Å². The van der Waals surface area contributed by atoms with Crippen LogP contribution in [0.1, 0.15) is 16.8 Å². The van der Waals surface area contributed by atoms with E-state index in [1.165, 1.54) is 23.1 Å². The number of carbonyl (C=O) groups excluding carboxylic acids is 1. The van der Waals surface area contributed by atoms with Gasteiger partial charge < -0.3 is 5.32 Å². The highest BCUT2D eigenvalue weighted by molar-refractivity contribution is 7.99. The normalized spacial score (nSPS) is 10.3. The molecule has 2 aromatic rings. The molecule has 0 radical (unpaired) electrons. The molecule has 0 heterocycles. The zero-order valence-corrected chi connectivity index (χ0v) is 13.8. The van der Waals surface area contributed by atoms with Crippen molar-refractivity contribution in [2.45, 2.75) is 11.3 Å². The summed E-state index contributed by atoms with van der Waals surface area (Å²) in [6.07, 6.45) is 0.771. The standard InChI is InChI=1S/C16H15ClN2O3S/c17-12-7-8-14(15(11-12)19(21)22)16(20)18-9-4-10-23-13-5-2-1-3-6-13/h1-3,5-8,11H,4,9-10H2,(H,18,20). The van der Waals surface area contributed by atoms with Gasteiger partial charge in [-0.05, 0) is 36.4 Å². The maximum Gasteiger partial charge on any atom is 0.283 e. The monoisotopic (exact) mass is 350 g/mol. The molecule has 0 aromatic heterocycles. The summed E-state index contributed by atoms with van der Waals surface area (Å²) < 4.78 is 0. The molecule has 0 aliphatic rings. The van der Waals surface area contributed by atoms with E-state index in [2.05, 4.69) is 5.32 Å². The summed E-state index contributed by atoms with van der Waals surface area (Å²) in [5.41, 5.74) is -0.260. The van der Waals surface area contributed by atoms with Gasteiger partial charge in [0, 0.05) is 22.5 Å². The fourth-order valence-electron chi connectivity index (χ4n) is 1.92. The predicted octanol–water partition coefficient (Wildman–Crippen LogP) is 4.16. The molecule has 0 saturated carbocycles. The van der Waals surface area contributed by atoms with Crippen molar-refractivity contribution in [2.24, 2.45) is 0 Å². The van der Waals surface area contributed by atoms with Crippen LogP contribution in [0.2, 0.25) is 5.02 Å². The zero-order valence-electron chi connectivity index (χ0n) is 12.2. The number of nitro benzene ring substituents is 1. The Kier molecular flexibility index (Phi) is 6.43. The van der Waals surface area contributed by atoms with Gasteiger partial charge in [-0.2, -0.15) is 0 Å². The van der Waals surface area contributed by atoms with E-state index >= 15 is 0 Å². The summed E-state index contributed by atoms with van der Waals surface area (Å²) in [6.45, 7) is 0.457. The minimum Gasteiger partial charge on any atom is -0.352 e. The van der Waals surface area contributed by atoms with Crippen LogP contribution in [0.5, 0.6) is 0 Å². The molecule has 0 unspecified atom stereocenters. The van der Waals surface area contributed by atoms with Crippen molar-refractivity contribution in [1.82, 2.24) is 5.32 Å². The zero-order chi connectivity index (χ0) is 16.7. The number of halogens is 1. The molecule has 120 valence electrons. The second kappa shape index (κ2) is 8.55. The Morgan fingerprint density at radius 2 is 1.96 bits per heavy atom. The molecule has 7 heteroatoms. The Morgan fingerprint density at radius 3 is 2.65 bits per heavy atom. The molecule has 5 nitrogen and oxygen atoms in total. The lowest BCUT2D eigenvalue weighted by atomic mass is 10.1. The molecule has 0 fully saturated rings. The highest BCUT2D eigenvalue weighted by Crippen LogP contribution is 2.23. The summed E-state index contributed by atoms with van der Waals surface area (Å²) in [6, 6.07) is 14.0. The van der Waals surface area contributed by atoms with Crippen LogP contribution in [0.4, 0.5) is 5.69 Å². The van der Waals surface area contributed by atoms with Crippen molar-refractivity contribution < 1.29 is 9.72 Å². The number of amides is 1. The molecular formula is C16H15ClN2O3S. The quantitative estimate of drug-likeness (QED) is 0.352. The molecule has 2 aromatic carbocycles. The van der Waals surface area contributed by atoms with E-state index in [1.807, 2.05) is 30.3 Å². The number of carbonyl (C=O) groups is 1. The van der Waals surface area contributed by atoms with Crippen molar-refractivity contribution in [3.05, 3.63) is 69.2 Å². The number of hydrogen-bond acceptors (Lipinski definition) is 4. The first-order valence-corrected chi connectivity index (χ1v) is 8.34.